The zero-order chi connectivity index (χ0) is 11.5. The number of nitrogens with zero attached hydrogens (tertiary/aromatic N) is 4. The molecule has 0 aliphatic rings. The average molecular weight is 238 g/mol. The molecule has 0 amide bonds. The molecule has 0 unspecified atom stereocenters. The third kappa shape index (κ3) is 2.44. The Morgan fingerprint density at radius 3 is 2.94 bits per heavy atom. The maximum absolute atomic E-state index is 5.13. The van der Waals surface area contributed by atoms with Crippen molar-refractivity contribution in [2.24, 2.45) is 0 Å². The van der Waals surface area contributed by atoms with Crippen molar-refractivity contribution in [3.05, 3.63) is 23.8 Å². The first-order valence-electron chi connectivity index (χ1n) is 5.11. The summed E-state index contributed by atoms with van der Waals surface area (Å²) in [5.74, 6) is 1.59. The highest BCUT2D eigenvalue weighted by atomic mass is 32.2. The molecule has 0 atom stereocenters. The van der Waals surface area contributed by atoms with Crippen LogP contribution in [0.15, 0.2) is 22.1 Å². The molecule has 16 heavy (non-hydrogen) atoms. The second-order valence-corrected chi connectivity index (χ2v) is 4.78. The molecule has 0 N–H and O–H groups in total. The molecule has 0 fully saturated rings. The van der Waals surface area contributed by atoms with Crippen molar-refractivity contribution in [3.63, 3.8) is 0 Å². The Morgan fingerprint density at radius 1 is 1.50 bits per heavy atom. The lowest BCUT2D eigenvalue weighted by Gasteiger charge is -2.08. The van der Waals surface area contributed by atoms with Gasteiger partial charge in [0.25, 0.3) is 0 Å². The first-order valence-corrected chi connectivity index (χ1v) is 6.10. The van der Waals surface area contributed by atoms with E-state index in [1.165, 1.54) is 0 Å². The van der Waals surface area contributed by atoms with Gasteiger partial charge in [-0.25, -0.2) is 0 Å². The molecular formula is C10H14N4OS. The van der Waals surface area contributed by atoms with Gasteiger partial charge in [-0.05, 0) is 20.8 Å². The van der Waals surface area contributed by atoms with Gasteiger partial charge in [0.15, 0.2) is 5.16 Å². The monoisotopic (exact) mass is 238 g/mol. The smallest absolute Gasteiger partial charge is 0.191 e. The molecule has 0 saturated heterocycles. The lowest BCUT2D eigenvalue weighted by atomic mass is 10.4. The molecule has 0 aliphatic carbocycles. The molecule has 5 nitrogen and oxygen atoms in total. The van der Waals surface area contributed by atoms with Crippen LogP contribution in [0.5, 0.6) is 0 Å². The van der Waals surface area contributed by atoms with Gasteiger partial charge in [-0.1, -0.05) is 16.9 Å². The second-order valence-electron chi connectivity index (χ2n) is 3.84. The Morgan fingerprint density at radius 2 is 2.31 bits per heavy atom. The van der Waals surface area contributed by atoms with Crippen molar-refractivity contribution >= 4 is 11.8 Å². The highest BCUT2D eigenvalue weighted by molar-refractivity contribution is 7.98. The fourth-order valence-corrected chi connectivity index (χ4v) is 2.23. The van der Waals surface area contributed by atoms with Gasteiger partial charge in [-0.3, -0.25) is 0 Å². The van der Waals surface area contributed by atoms with Crippen LogP contribution in [0.3, 0.4) is 0 Å². The fraction of sp³-hybridized carbons (Fsp3) is 0.500. The van der Waals surface area contributed by atoms with Crippen molar-refractivity contribution in [3.8, 4) is 0 Å². The summed E-state index contributed by atoms with van der Waals surface area (Å²) in [6.07, 6.45) is 1.75. The highest BCUT2D eigenvalue weighted by Crippen LogP contribution is 2.23. The van der Waals surface area contributed by atoms with Crippen LogP contribution in [0.1, 0.15) is 31.3 Å². The van der Waals surface area contributed by atoms with Crippen molar-refractivity contribution in [1.29, 1.82) is 0 Å². The molecule has 0 radical (unpaired) electrons. The van der Waals surface area contributed by atoms with E-state index in [1.54, 1.807) is 18.1 Å². The second kappa shape index (κ2) is 4.69. The number of hydrogen-bond acceptors (Lipinski definition) is 5. The SMILES string of the molecule is Cc1cc(CSc2nncn2C(C)C)on1. The minimum Gasteiger partial charge on any atom is -0.360 e. The standard InChI is InChI=1S/C10H14N4OS/c1-7(2)14-6-11-12-10(14)16-5-9-4-8(3)13-15-9/h4,6-7H,5H2,1-3H3. The van der Waals surface area contributed by atoms with Gasteiger partial charge >= 0.3 is 0 Å². The molecule has 2 rings (SSSR count). The van der Waals surface area contributed by atoms with Crippen molar-refractivity contribution in [2.45, 2.75) is 37.7 Å². The zero-order valence-corrected chi connectivity index (χ0v) is 10.4. The largest absolute Gasteiger partial charge is 0.360 e. The van der Waals surface area contributed by atoms with Crippen LogP contribution >= 0.6 is 11.8 Å². The molecule has 0 saturated carbocycles. The molecule has 0 aromatic carbocycles. The van der Waals surface area contributed by atoms with Gasteiger partial charge in [0.05, 0.1) is 11.4 Å². The number of aromatic nitrogens is 4. The van der Waals surface area contributed by atoms with Crippen LogP contribution in [0.25, 0.3) is 0 Å². The van der Waals surface area contributed by atoms with E-state index in [1.807, 2.05) is 17.6 Å². The van der Waals surface area contributed by atoms with Gasteiger partial charge in [-0.2, -0.15) is 0 Å². The van der Waals surface area contributed by atoms with Gasteiger partial charge in [-0.15, -0.1) is 10.2 Å². The van der Waals surface area contributed by atoms with Crippen LogP contribution in [0.4, 0.5) is 0 Å². The van der Waals surface area contributed by atoms with Crippen LogP contribution in [0.2, 0.25) is 0 Å². The van der Waals surface area contributed by atoms with E-state index in [4.69, 9.17) is 4.52 Å². The number of thioether (sulfide) groups is 1. The maximum Gasteiger partial charge on any atom is 0.191 e. The highest BCUT2D eigenvalue weighted by Gasteiger charge is 2.09. The quantitative estimate of drug-likeness (QED) is 0.766. The van der Waals surface area contributed by atoms with E-state index < -0.39 is 0 Å². The number of aryl methyl sites for hydroxylation is 1. The van der Waals surface area contributed by atoms with E-state index in [-0.39, 0.29) is 0 Å². The third-order valence-electron chi connectivity index (χ3n) is 2.12. The van der Waals surface area contributed by atoms with Gasteiger partial charge in [0.1, 0.15) is 12.1 Å². The lowest BCUT2D eigenvalue weighted by molar-refractivity contribution is 0.390. The molecule has 86 valence electrons. The maximum atomic E-state index is 5.13. The third-order valence-corrected chi connectivity index (χ3v) is 3.10. The molecule has 2 aromatic heterocycles. The minimum atomic E-state index is 0.369. The zero-order valence-electron chi connectivity index (χ0n) is 9.54. The van der Waals surface area contributed by atoms with Crippen LogP contribution < -0.4 is 0 Å². The summed E-state index contributed by atoms with van der Waals surface area (Å²) in [7, 11) is 0. The van der Waals surface area contributed by atoms with E-state index in [9.17, 15) is 0 Å². The lowest BCUT2D eigenvalue weighted by Crippen LogP contribution is -2.00. The summed E-state index contributed by atoms with van der Waals surface area (Å²) >= 11 is 1.60. The van der Waals surface area contributed by atoms with Crippen molar-refractivity contribution < 1.29 is 4.52 Å². The normalized spacial score (nSPS) is 11.2. The minimum absolute atomic E-state index is 0.369. The number of rotatable bonds is 4. The van der Waals surface area contributed by atoms with Crippen molar-refractivity contribution in [2.75, 3.05) is 0 Å². The van der Waals surface area contributed by atoms with E-state index >= 15 is 0 Å². The predicted octanol–water partition coefficient (Wildman–Crippen LogP) is 2.45. The molecule has 0 aliphatic heterocycles. The number of hydrogen-bond donors (Lipinski definition) is 0. The molecule has 6 heteroatoms. The Labute approximate surface area is 98.2 Å². The van der Waals surface area contributed by atoms with E-state index in [0.29, 0.717) is 6.04 Å². The molecule has 2 heterocycles. The van der Waals surface area contributed by atoms with Gasteiger partial charge in [0.2, 0.25) is 0 Å². The van der Waals surface area contributed by atoms with Crippen molar-refractivity contribution in [1.82, 2.24) is 19.9 Å². The summed E-state index contributed by atoms with van der Waals surface area (Å²) < 4.78 is 7.17. The van der Waals surface area contributed by atoms with Gasteiger partial charge < -0.3 is 9.09 Å². The predicted molar refractivity (Wildman–Crippen MR) is 61.2 cm³/mol. The molecular weight excluding hydrogens is 224 g/mol. The topological polar surface area (TPSA) is 56.7 Å². The van der Waals surface area contributed by atoms with Crippen LogP contribution in [0, 0.1) is 6.92 Å². The molecule has 0 bridgehead atoms. The fourth-order valence-electron chi connectivity index (χ4n) is 1.31. The summed E-state index contributed by atoms with van der Waals surface area (Å²) in [4.78, 5) is 0. The summed E-state index contributed by atoms with van der Waals surface area (Å²) in [6.45, 7) is 6.12. The first-order chi connectivity index (χ1) is 7.66. The average Bonchev–Trinajstić information content (AvgIpc) is 2.83. The molecule has 2 aromatic rings. The van der Waals surface area contributed by atoms with Gasteiger partial charge in [0, 0.05) is 12.1 Å². The summed E-state index contributed by atoms with van der Waals surface area (Å²) in [6, 6.07) is 2.30. The Hall–Kier alpha value is -1.30. The van der Waals surface area contributed by atoms with Crippen LogP contribution in [-0.4, -0.2) is 19.9 Å². The van der Waals surface area contributed by atoms with E-state index in [0.717, 1.165) is 22.4 Å². The summed E-state index contributed by atoms with van der Waals surface area (Å²) in [5, 5.41) is 12.7. The Kier molecular flexibility index (Phi) is 3.28. The van der Waals surface area contributed by atoms with E-state index in [2.05, 4.69) is 29.2 Å². The first kappa shape index (κ1) is 11.2. The Balaban J connectivity index is 2.02. The summed E-state index contributed by atoms with van der Waals surface area (Å²) in [5.41, 5.74) is 0.904. The Bertz CT molecular complexity index is 463. The van der Waals surface area contributed by atoms with Crippen LogP contribution in [-0.2, 0) is 5.75 Å². The molecule has 0 spiro atoms.